The molecule has 2 aromatic rings. The van der Waals surface area contributed by atoms with E-state index >= 15 is 0 Å². The molecule has 0 N–H and O–H groups in total. The number of methoxy groups -OCH3 is 1. The van der Waals surface area contributed by atoms with E-state index in [1.165, 1.54) is 7.11 Å². The largest absolute Gasteiger partial charge is 0.496 e. The van der Waals surface area contributed by atoms with Crippen LogP contribution in [0.1, 0.15) is 15.9 Å². The van der Waals surface area contributed by atoms with Crippen LogP contribution in [0.3, 0.4) is 0 Å². The first-order chi connectivity index (χ1) is 9.10. The normalized spacial score (nSPS) is 10.3. The smallest absolute Gasteiger partial charge is 0.167 e. The van der Waals surface area contributed by atoms with Crippen LogP contribution in [-0.2, 0) is 6.42 Å². The number of ether oxygens (including phenoxy) is 1. The van der Waals surface area contributed by atoms with Gasteiger partial charge in [0.15, 0.2) is 5.78 Å². The molecule has 0 atom stereocenters. The van der Waals surface area contributed by atoms with E-state index in [1.807, 2.05) is 0 Å². The molecule has 2 aromatic carbocycles. The summed E-state index contributed by atoms with van der Waals surface area (Å²) in [5.41, 5.74) is 0.697. The first-order valence-electron chi connectivity index (χ1n) is 5.71. The van der Waals surface area contributed by atoms with E-state index < -0.39 is 11.6 Å². The maximum absolute atomic E-state index is 13.1. The van der Waals surface area contributed by atoms with E-state index in [0.29, 0.717) is 11.3 Å². The fraction of sp³-hybridized carbons (Fsp3) is 0.133. The molecule has 0 amide bonds. The lowest BCUT2D eigenvalue weighted by Crippen LogP contribution is -2.06. The molecular formula is C15H12F2O2. The second-order valence-electron chi connectivity index (χ2n) is 4.07. The van der Waals surface area contributed by atoms with Gasteiger partial charge in [0.25, 0.3) is 0 Å². The van der Waals surface area contributed by atoms with Gasteiger partial charge in [0.2, 0.25) is 0 Å². The molecule has 0 aromatic heterocycles. The number of carbonyl (C=O) groups is 1. The Labute approximate surface area is 109 Å². The molecule has 98 valence electrons. The van der Waals surface area contributed by atoms with Gasteiger partial charge in [-0.1, -0.05) is 18.2 Å². The van der Waals surface area contributed by atoms with Crippen molar-refractivity contribution >= 4 is 5.78 Å². The van der Waals surface area contributed by atoms with Crippen molar-refractivity contribution in [1.29, 1.82) is 0 Å². The van der Waals surface area contributed by atoms with Crippen LogP contribution in [0.4, 0.5) is 8.78 Å². The summed E-state index contributed by atoms with van der Waals surface area (Å²) in [4.78, 5) is 12.0. The predicted molar refractivity (Wildman–Crippen MR) is 67.4 cm³/mol. The molecule has 0 bridgehead atoms. The molecule has 0 saturated heterocycles. The summed E-state index contributed by atoms with van der Waals surface area (Å²) in [6.07, 6.45) is 0.0346. The van der Waals surface area contributed by atoms with Gasteiger partial charge in [0.05, 0.1) is 7.11 Å². The zero-order valence-electron chi connectivity index (χ0n) is 10.3. The summed E-state index contributed by atoms with van der Waals surface area (Å²) in [5.74, 6) is -1.30. The van der Waals surface area contributed by atoms with Crippen molar-refractivity contribution in [2.24, 2.45) is 0 Å². The van der Waals surface area contributed by atoms with Gasteiger partial charge in [-0.25, -0.2) is 8.78 Å². The number of Topliss-reactive ketones (excluding diaryl/α,β-unsaturated/α-hetero) is 1. The Hall–Kier alpha value is -2.23. The summed E-state index contributed by atoms with van der Waals surface area (Å²) >= 11 is 0. The molecule has 0 saturated carbocycles. The Morgan fingerprint density at radius 2 is 1.74 bits per heavy atom. The molecule has 2 rings (SSSR count). The zero-order chi connectivity index (χ0) is 13.8. The summed E-state index contributed by atoms with van der Waals surface area (Å²) in [5, 5.41) is 0. The lowest BCUT2D eigenvalue weighted by Gasteiger charge is -2.07. The van der Waals surface area contributed by atoms with Crippen LogP contribution in [0.2, 0.25) is 0 Å². The number of ketones is 1. The lowest BCUT2D eigenvalue weighted by molar-refractivity contribution is 0.0991. The summed E-state index contributed by atoms with van der Waals surface area (Å²) < 4.78 is 31.2. The molecule has 0 fully saturated rings. The second kappa shape index (κ2) is 5.61. The predicted octanol–water partition coefficient (Wildman–Crippen LogP) is 3.40. The van der Waals surface area contributed by atoms with Gasteiger partial charge in [-0.15, -0.1) is 0 Å². The van der Waals surface area contributed by atoms with Gasteiger partial charge >= 0.3 is 0 Å². The number of hydrogen-bond donors (Lipinski definition) is 0. The summed E-state index contributed by atoms with van der Waals surface area (Å²) in [6, 6.07) is 9.83. The first kappa shape index (κ1) is 13.2. The van der Waals surface area contributed by atoms with E-state index in [-0.39, 0.29) is 17.8 Å². The fourth-order valence-corrected chi connectivity index (χ4v) is 1.84. The minimum Gasteiger partial charge on any atom is -0.496 e. The van der Waals surface area contributed by atoms with Crippen LogP contribution in [-0.4, -0.2) is 12.9 Å². The van der Waals surface area contributed by atoms with Gasteiger partial charge in [0.1, 0.15) is 17.4 Å². The van der Waals surface area contributed by atoms with Crippen LogP contribution < -0.4 is 4.74 Å². The van der Waals surface area contributed by atoms with Gasteiger partial charge in [-0.05, 0) is 18.2 Å². The van der Waals surface area contributed by atoms with E-state index in [0.717, 1.165) is 18.2 Å². The first-order valence-corrected chi connectivity index (χ1v) is 5.71. The molecular weight excluding hydrogens is 250 g/mol. The Bertz CT molecular complexity index is 589. The molecule has 2 nitrogen and oxygen atoms in total. The van der Waals surface area contributed by atoms with E-state index in [4.69, 9.17) is 4.74 Å². The molecule has 0 spiro atoms. The number of halogens is 2. The van der Waals surface area contributed by atoms with E-state index in [9.17, 15) is 13.6 Å². The van der Waals surface area contributed by atoms with Gasteiger partial charge in [-0.2, -0.15) is 0 Å². The van der Waals surface area contributed by atoms with E-state index in [1.54, 1.807) is 24.3 Å². The van der Waals surface area contributed by atoms with Crippen LogP contribution in [0.15, 0.2) is 42.5 Å². The number of hydrogen-bond acceptors (Lipinski definition) is 2. The highest BCUT2D eigenvalue weighted by Gasteiger charge is 2.12. The van der Waals surface area contributed by atoms with Crippen molar-refractivity contribution in [3.05, 3.63) is 65.2 Å². The zero-order valence-corrected chi connectivity index (χ0v) is 10.3. The molecule has 0 heterocycles. The van der Waals surface area contributed by atoms with Crippen molar-refractivity contribution in [1.82, 2.24) is 0 Å². The third-order valence-electron chi connectivity index (χ3n) is 2.73. The lowest BCUT2D eigenvalue weighted by atomic mass is 10.0. The standard InChI is InChI=1S/C15H12F2O2/c1-19-15-5-3-2-4-10(15)8-14(18)11-6-12(16)9-13(17)7-11/h2-7,9H,8H2,1H3. The summed E-state index contributed by atoms with van der Waals surface area (Å²) in [6.45, 7) is 0. The molecule has 19 heavy (non-hydrogen) atoms. The highest BCUT2D eigenvalue weighted by Crippen LogP contribution is 2.20. The van der Waals surface area contributed by atoms with Crippen molar-refractivity contribution in [3.8, 4) is 5.75 Å². The van der Waals surface area contributed by atoms with Gasteiger partial charge < -0.3 is 4.74 Å². The Morgan fingerprint density at radius 3 is 2.37 bits per heavy atom. The molecule has 0 aliphatic rings. The van der Waals surface area contributed by atoms with E-state index in [2.05, 4.69) is 0 Å². The second-order valence-corrected chi connectivity index (χ2v) is 4.07. The molecule has 0 aliphatic carbocycles. The van der Waals surface area contributed by atoms with Gasteiger partial charge in [0, 0.05) is 23.6 Å². The Morgan fingerprint density at radius 1 is 1.11 bits per heavy atom. The van der Waals surface area contributed by atoms with Crippen LogP contribution in [0, 0.1) is 11.6 Å². The molecule has 4 heteroatoms. The SMILES string of the molecule is COc1ccccc1CC(=O)c1cc(F)cc(F)c1. The number of benzene rings is 2. The summed E-state index contributed by atoms with van der Waals surface area (Å²) in [7, 11) is 1.51. The number of para-hydroxylation sites is 1. The maximum atomic E-state index is 13.1. The van der Waals surface area contributed by atoms with Crippen molar-refractivity contribution in [3.63, 3.8) is 0 Å². The number of carbonyl (C=O) groups excluding carboxylic acids is 1. The fourth-order valence-electron chi connectivity index (χ4n) is 1.84. The van der Waals surface area contributed by atoms with Gasteiger partial charge in [-0.3, -0.25) is 4.79 Å². The highest BCUT2D eigenvalue weighted by molar-refractivity contribution is 5.97. The third-order valence-corrected chi connectivity index (χ3v) is 2.73. The highest BCUT2D eigenvalue weighted by atomic mass is 19.1. The van der Waals surface area contributed by atoms with Crippen molar-refractivity contribution in [2.75, 3.05) is 7.11 Å². The number of rotatable bonds is 4. The molecule has 0 aliphatic heterocycles. The monoisotopic (exact) mass is 262 g/mol. The van der Waals surface area contributed by atoms with Crippen molar-refractivity contribution in [2.45, 2.75) is 6.42 Å². The average molecular weight is 262 g/mol. The quantitative estimate of drug-likeness (QED) is 0.789. The van der Waals surface area contributed by atoms with Crippen LogP contribution in [0.5, 0.6) is 5.75 Å². The topological polar surface area (TPSA) is 26.3 Å². The minimum absolute atomic E-state index is 0.0170. The van der Waals surface area contributed by atoms with Crippen molar-refractivity contribution < 1.29 is 18.3 Å². The molecule has 0 unspecified atom stereocenters. The Kier molecular flexibility index (Phi) is 3.90. The Balaban J connectivity index is 2.25. The van der Waals surface area contributed by atoms with Crippen LogP contribution in [0.25, 0.3) is 0 Å². The minimum atomic E-state index is -0.761. The average Bonchev–Trinajstić information content (AvgIpc) is 2.38. The van der Waals surface area contributed by atoms with Crippen LogP contribution >= 0.6 is 0 Å². The maximum Gasteiger partial charge on any atom is 0.167 e. The molecule has 0 radical (unpaired) electrons. The third kappa shape index (κ3) is 3.16.